The molecule has 0 aliphatic rings. The quantitative estimate of drug-likeness (QED) is 0.792. The lowest BCUT2D eigenvalue weighted by molar-refractivity contribution is 0.0467. The topological polar surface area (TPSA) is 67.9 Å². The maximum Gasteiger partial charge on any atom is 0.341 e. The van der Waals surface area contributed by atoms with Crippen molar-refractivity contribution in [3.05, 3.63) is 39.8 Å². The third kappa shape index (κ3) is 3.25. The third-order valence-corrected chi connectivity index (χ3v) is 3.98. The average Bonchev–Trinajstić information content (AvgIpc) is 3.06. The summed E-state index contributed by atoms with van der Waals surface area (Å²) in [7, 11) is 1.76. The second-order valence-electron chi connectivity index (χ2n) is 4.48. The van der Waals surface area contributed by atoms with Crippen molar-refractivity contribution >= 4 is 17.3 Å². The van der Waals surface area contributed by atoms with Crippen molar-refractivity contribution in [3.8, 4) is 6.07 Å². The Morgan fingerprint density at radius 1 is 1.65 bits per heavy atom. The molecule has 0 saturated carbocycles. The summed E-state index contributed by atoms with van der Waals surface area (Å²) in [6.07, 6.45) is 2.09. The summed E-state index contributed by atoms with van der Waals surface area (Å²) in [5.74, 6) is -0.753. The molecule has 20 heavy (non-hydrogen) atoms. The number of hydrogen-bond acceptors (Lipinski definition) is 5. The van der Waals surface area contributed by atoms with E-state index in [1.807, 2.05) is 17.5 Å². The minimum atomic E-state index is -0.429. The predicted octanol–water partition coefficient (Wildman–Crippen LogP) is 2.33. The number of hydrogen-bond donors (Lipinski definition) is 0. The van der Waals surface area contributed by atoms with Crippen molar-refractivity contribution in [2.45, 2.75) is 13.3 Å². The van der Waals surface area contributed by atoms with Gasteiger partial charge in [0.2, 0.25) is 0 Å². The van der Waals surface area contributed by atoms with Crippen LogP contribution in [0, 0.1) is 24.2 Å². The molecule has 5 nitrogen and oxygen atoms in total. The first-order valence-corrected chi connectivity index (χ1v) is 7.07. The monoisotopic (exact) mass is 289 g/mol. The van der Waals surface area contributed by atoms with Crippen molar-refractivity contribution in [1.29, 1.82) is 5.26 Å². The van der Waals surface area contributed by atoms with Gasteiger partial charge < -0.3 is 4.74 Å². The first kappa shape index (κ1) is 14.3. The van der Waals surface area contributed by atoms with Crippen LogP contribution >= 0.6 is 11.3 Å². The van der Waals surface area contributed by atoms with Gasteiger partial charge in [-0.2, -0.15) is 10.4 Å². The molecular formula is C14H15N3O2S. The molecule has 0 fully saturated rings. The molecule has 2 heterocycles. The van der Waals surface area contributed by atoms with E-state index in [4.69, 9.17) is 10.00 Å². The first-order chi connectivity index (χ1) is 9.61. The number of aromatic nitrogens is 2. The van der Waals surface area contributed by atoms with Crippen LogP contribution in [0.5, 0.6) is 0 Å². The van der Waals surface area contributed by atoms with Crippen molar-refractivity contribution < 1.29 is 9.53 Å². The molecule has 0 aromatic carbocycles. The lowest BCUT2D eigenvalue weighted by atomic mass is 10.1. The molecule has 2 aromatic rings. The minimum absolute atomic E-state index is 0.0988. The van der Waals surface area contributed by atoms with Gasteiger partial charge in [0.05, 0.1) is 18.2 Å². The number of esters is 1. The fourth-order valence-electron chi connectivity index (χ4n) is 1.77. The highest BCUT2D eigenvalue weighted by Crippen LogP contribution is 2.15. The van der Waals surface area contributed by atoms with E-state index in [0.29, 0.717) is 12.0 Å². The molecule has 0 N–H and O–H groups in total. The van der Waals surface area contributed by atoms with Gasteiger partial charge in [0, 0.05) is 24.0 Å². The number of carbonyl (C=O) groups is 1. The fraction of sp³-hybridized carbons (Fsp3) is 0.357. The Hall–Kier alpha value is -2.13. The molecule has 0 saturated heterocycles. The lowest BCUT2D eigenvalue weighted by Crippen LogP contribution is -2.15. The lowest BCUT2D eigenvalue weighted by Gasteiger charge is -2.09. The van der Waals surface area contributed by atoms with Gasteiger partial charge in [-0.25, -0.2) is 4.79 Å². The van der Waals surface area contributed by atoms with E-state index in [-0.39, 0.29) is 12.5 Å². The van der Waals surface area contributed by atoms with Crippen LogP contribution in [0.4, 0.5) is 0 Å². The number of nitrogens with zero attached hydrogens (tertiary/aromatic N) is 3. The Morgan fingerprint density at radius 3 is 3.00 bits per heavy atom. The highest BCUT2D eigenvalue weighted by Gasteiger charge is 2.17. The van der Waals surface area contributed by atoms with E-state index < -0.39 is 5.97 Å². The van der Waals surface area contributed by atoms with Crippen LogP contribution < -0.4 is 0 Å². The standard InChI is InChI=1S/C14H15N3O2S/c1-10-13(8-16-17(10)2)14(18)19-9-11(7-15)6-12-4-3-5-20-12/h3-5,8,11H,6,9H2,1-2H3/t11-/m0/s1. The second kappa shape index (κ2) is 6.35. The Labute approximate surface area is 121 Å². The zero-order chi connectivity index (χ0) is 14.5. The molecule has 0 amide bonds. The summed E-state index contributed by atoms with van der Waals surface area (Å²) < 4.78 is 6.83. The summed E-state index contributed by atoms with van der Waals surface area (Å²) in [5, 5.41) is 15.1. The number of thiophene rings is 1. The Morgan fingerprint density at radius 2 is 2.45 bits per heavy atom. The number of ether oxygens (including phenoxy) is 1. The summed E-state index contributed by atoms with van der Waals surface area (Å²) >= 11 is 1.60. The zero-order valence-electron chi connectivity index (χ0n) is 11.4. The molecule has 104 valence electrons. The molecule has 1 atom stereocenters. The third-order valence-electron chi connectivity index (χ3n) is 3.08. The number of rotatable bonds is 5. The van der Waals surface area contributed by atoms with Gasteiger partial charge >= 0.3 is 5.97 Å². The van der Waals surface area contributed by atoms with E-state index in [1.165, 1.54) is 6.20 Å². The van der Waals surface area contributed by atoms with Crippen molar-refractivity contribution in [2.75, 3.05) is 6.61 Å². The SMILES string of the molecule is Cc1c(C(=O)OC[C@H](C#N)Cc2cccs2)cnn1C. The zero-order valence-corrected chi connectivity index (χ0v) is 12.2. The molecule has 0 bridgehead atoms. The summed E-state index contributed by atoms with van der Waals surface area (Å²) in [4.78, 5) is 13.0. The molecule has 0 aliphatic heterocycles. The van der Waals surface area contributed by atoms with Gasteiger partial charge in [0.1, 0.15) is 12.2 Å². The number of aryl methyl sites for hydroxylation is 1. The van der Waals surface area contributed by atoms with Gasteiger partial charge in [-0.15, -0.1) is 11.3 Å². The van der Waals surface area contributed by atoms with Crippen LogP contribution in [-0.2, 0) is 18.2 Å². The van der Waals surface area contributed by atoms with Crippen LogP contribution in [0.1, 0.15) is 20.9 Å². The molecular weight excluding hydrogens is 274 g/mol. The van der Waals surface area contributed by atoms with Gasteiger partial charge in [-0.05, 0) is 18.4 Å². The first-order valence-electron chi connectivity index (χ1n) is 6.19. The molecule has 0 unspecified atom stereocenters. The predicted molar refractivity (Wildman–Crippen MR) is 75.4 cm³/mol. The van der Waals surface area contributed by atoms with E-state index in [2.05, 4.69) is 11.2 Å². The number of carbonyl (C=O) groups excluding carboxylic acids is 1. The van der Waals surface area contributed by atoms with Crippen LogP contribution in [-0.4, -0.2) is 22.4 Å². The van der Waals surface area contributed by atoms with E-state index >= 15 is 0 Å². The van der Waals surface area contributed by atoms with Crippen LogP contribution in [0.25, 0.3) is 0 Å². The second-order valence-corrected chi connectivity index (χ2v) is 5.51. The van der Waals surface area contributed by atoms with Gasteiger partial charge in [0.15, 0.2) is 0 Å². The summed E-state index contributed by atoms with van der Waals surface area (Å²) in [6, 6.07) is 6.09. The largest absolute Gasteiger partial charge is 0.461 e. The summed E-state index contributed by atoms with van der Waals surface area (Å²) in [5.41, 5.74) is 1.20. The van der Waals surface area contributed by atoms with Gasteiger partial charge in [-0.1, -0.05) is 6.07 Å². The van der Waals surface area contributed by atoms with E-state index in [9.17, 15) is 4.79 Å². The fourth-order valence-corrected chi connectivity index (χ4v) is 2.55. The maximum atomic E-state index is 11.9. The number of nitriles is 1. The molecule has 0 aliphatic carbocycles. The van der Waals surface area contributed by atoms with Crippen molar-refractivity contribution in [1.82, 2.24) is 9.78 Å². The smallest absolute Gasteiger partial charge is 0.341 e. The Balaban J connectivity index is 1.92. The molecule has 2 rings (SSSR count). The summed E-state index contributed by atoms with van der Waals surface area (Å²) in [6.45, 7) is 1.90. The molecule has 0 radical (unpaired) electrons. The molecule has 6 heteroatoms. The Kier molecular flexibility index (Phi) is 4.53. The van der Waals surface area contributed by atoms with Gasteiger partial charge in [-0.3, -0.25) is 4.68 Å². The van der Waals surface area contributed by atoms with Crippen LogP contribution in [0.15, 0.2) is 23.7 Å². The Bertz CT molecular complexity index is 625. The minimum Gasteiger partial charge on any atom is -0.461 e. The van der Waals surface area contributed by atoms with Gasteiger partial charge in [0.25, 0.3) is 0 Å². The van der Waals surface area contributed by atoms with Crippen molar-refractivity contribution in [3.63, 3.8) is 0 Å². The highest BCUT2D eigenvalue weighted by molar-refractivity contribution is 7.09. The van der Waals surface area contributed by atoms with Crippen LogP contribution in [0.2, 0.25) is 0 Å². The maximum absolute atomic E-state index is 11.9. The van der Waals surface area contributed by atoms with Crippen LogP contribution in [0.3, 0.4) is 0 Å². The van der Waals surface area contributed by atoms with E-state index in [1.54, 1.807) is 30.0 Å². The normalized spacial score (nSPS) is 11.8. The molecule has 0 spiro atoms. The average molecular weight is 289 g/mol. The van der Waals surface area contributed by atoms with Crippen molar-refractivity contribution in [2.24, 2.45) is 13.0 Å². The molecule has 2 aromatic heterocycles. The highest BCUT2D eigenvalue weighted by atomic mass is 32.1. The van der Waals surface area contributed by atoms with E-state index in [0.717, 1.165) is 10.6 Å².